The Hall–Kier alpha value is -3.71. The summed E-state index contributed by atoms with van der Waals surface area (Å²) in [5.74, 6) is -2.14. The Bertz CT molecular complexity index is 1770. The Balaban J connectivity index is 1.56. The van der Waals surface area contributed by atoms with Gasteiger partial charge in [-0.1, -0.05) is 110 Å². The van der Waals surface area contributed by atoms with Crippen molar-refractivity contribution in [1.29, 1.82) is 0 Å². The highest BCUT2D eigenvalue weighted by molar-refractivity contribution is 6.77. The van der Waals surface area contributed by atoms with E-state index in [0.29, 0.717) is 39.6 Å². The number of cyclic esters (lactones) is 2. The highest BCUT2D eigenvalue weighted by atomic mass is 35.5. The van der Waals surface area contributed by atoms with Crippen molar-refractivity contribution >= 4 is 43.7 Å². The maximum absolute atomic E-state index is 13.9. The Morgan fingerprint density at radius 1 is 0.881 bits per heavy atom. The number of ether oxygens (including phenoxy) is 4. The van der Waals surface area contributed by atoms with Crippen molar-refractivity contribution in [2.75, 3.05) is 13.7 Å². The quantitative estimate of drug-likeness (QED) is 0.108. The van der Waals surface area contributed by atoms with Crippen LogP contribution in [0, 0.1) is 17.3 Å². The highest BCUT2D eigenvalue weighted by Crippen LogP contribution is 2.46. The van der Waals surface area contributed by atoms with Gasteiger partial charge in [-0.25, -0.2) is 4.79 Å². The lowest BCUT2D eigenvalue weighted by molar-refractivity contribution is -0.179. The molecule has 0 radical (unpaired) electrons. The van der Waals surface area contributed by atoms with Crippen LogP contribution in [-0.4, -0.2) is 70.1 Å². The Morgan fingerprint density at radius 3 is 2.08 bits per heavy atom. The molecule has 2 aromatic rings. The minimum Gasteiger partial charge on any atom is -0.495 e. The van der Waals surface area contributed by atoms with Crippen molar-refractivity contribution in [3.8, 4) is 5.75 Å². The van der Waals surface area contributed by atoms with Crippen molar-refractivity contribution in [2.24, 2.45) is 17.3 Å². The standard InChI is InChI=1S/C46H67ClN2O9Si/c1-27(2)22-39-44(52)56-37(31(9)41-42(58-41)34-19-16-32(17-20-34)25-55-59(28(3)4,29(5)6)30(7)8)14-13-15-40(50)49-36(24-33-18-21-38(54-12)35(47)23-33)43(51)48-26-46(10,11)45(53)57-39/h13,15-21,23,27-31,36-37,39,41-42H,14,22,24-26H2,1-12H3,(H,48,51)(H,49,50)/b15-13+/t31-,36+,37-,39-,41-,42-/m0/s1. The number of carbonyl (C=O) groups excluding carboxylic acids is 4. The summed E-state index contributed by atoms with van der Waals surface area (Å²) in [5, 5.41) is 5.96. The number of methoxy groups -OCH3 is 1. The minimum atomic E-state index is -2.02. The molecule has 0 bridgehead atoms. The van der Waals surface area contributed by atoms with Crippen LogP contribution >= 0.6 is 11.6 Å². The van der Waals surface area contributed by atoms with Gasteiger partial charge in [0.25, 0.3) is 0 Å². The number of hydrogen-bond acceptors (Lipinski definition) is 9. The summed E-state index contributed by atoms with van der Waals surface area (Å²) in [5.41, 5.74) is 3.06. The fourth-order valence-corrected chi connectivity index (χ4v) is 14.0. The molecule has 0 saturated carbocycles. The summed E-state index contributed by atoms with van der Waals surface area (Å²) >= 11 is 6.37. The molecule has 2 aromatic carbocycles. The fraction of sp³-hybridized carbons (Fsp3) is 0.609. The lowest BCUT2D eigenvalue weighted by Gasteiger charge is -2.42. The first-order valence-corrected chi connectivity index (χ1v) is 23.6. The third-order valence-corrected chi connectivity index (χ3v) is 18.1. The summed E-state index contributed by atoms with van der Waals surface area (Å²) < 4.78 is 30.4. The largest absolute Gasteiger partial charge is 0.495 e. The number of halogens is 1. The number of nitrogens with one attached hydrogen (secondary N) is 2. The van der Waals surface area contributed by atoms with Crippen molar-refractivity contribution in [2.45, 2.75) is 149 Å². The van der Waals surface area contributed by atoms with Gasteiger partial charge < -0.3 is 34.0 Å². The van der Waals surface area contributed by atoms with Crippen molar-refractivity contribution in [3.05, 3.63) is 76.3 Å². The van der Waals surface area contributed by atoms with Gasteiger partial charge in [-0.2, -0.15) is 0 Å². The molecule has 2 N–H and O–H groups in total. The first-order chi connectivity index (χ1) is 27.7. The SMILES string of the molecule is COc1ccc(C[C@H]2NC(=O)/C=C/C[C@@H]([C@H](C)[C@@H]3O[C@H]3c3ccc(CO[Si](C(C)C)(C(C)C)C(C)C)cc3)OC(=O)[C@H](CC(C)C)OC(=O)C(C)(C)CNC2=O)cc1Cl. The average molecular weight is 856 g/mol. The third-order valence-electron chi connectivity index (χ3n) is 11.8. The molecule has 11 nitrogen and oxygen atoms in total. The number of carbonyl (C=O) groups is 4. The van der Waals surface area contributed by atoms with Gasteiger partial charge in [-0.05, 0) is 77.7 Å². The molecule has 4 rings (SSSR count). The van der Waals surface area contributed by atoms with E-state index >= 15 is 0 Å². The van der Waals surface area contributed by atoms with E-state index in [1.807, 2.05) is 20.8 Å². The van der Waals surface area contributed by atoms with Crippen LogP contribution in [0.15, 0.2) is 54.6 Å². The van der Waals surface area contributed by atoms with Crippen molar-refractivity contribution in [1.82, 2.24) is 10.6 Å². The molecule has 2 heterocycles. The van der Waals surface area contributed by atoms with E-state index in [4.69, 9.17) is 35.0 Å². The molecule has 1 saturated heterocycles. The normalized spacial score (nSPS) is 24.4. The molecule has 2 aliphatic heterocycles. The molecule has 0 spiro atoms. The molecule has 0 aliphatic carbocycles. The zero-order valence-corrected chi connectivity index (χ0v) is 38.8. The number of rotatable bonds is 14. The highest BCUT2D eigenvalue weighted by Gasteiger charge is 2.48. The predicted octanol–water partition coefficient (Wildman–Crippen LogP) is 8.82. The maximum Gasteiger partial charge on any atom is 0.347 e. The maximum atomic E-state index is 13.9. The molecular formula is C46H67ClN2O9Si. The molecule has 6 atom stereocenters. The summed E-state index contributed by atoms with van der Waals surface area (Å²) in [6, 6.07) is 12.5. The number of hydrogen-bond donors (Lipinski definition) is 2. The van der Waals surface area contributed by atoms with Gasteiger partial charge in [0.05, 0.1) is 30.3 Å². The lowest BCUT2D eigenvalue weighted by Crippen LogP contribution is -2.51. The second kappa shape index (κ2) is 20.7. The summed E-state index contributed by atoms with van der Waals surface area (Å²) in [7, 11) is -0.512. The van der Waals surface area contributed by atoms with E-state index in [0.717, 1.165) is 11.1 Å². The third kappa shape index (κ3) is 12.4. The average Bonchev–Trinajstić information content (AvgIpc) is 3.96. The summed E-state index contributed by atoms with van der Waals surface area (Å²) in [4.78, 5) is 54.4. The molecule has 13 heteroatoms. The van der Waals surface area contributed by atoms with Crippen LogP contribution in [0.5, 0.6) is 5.75 Å². The van der Waals surface area contributed by atoms with Crippen LogP contribution in [0.1, 0.15) is 112 Å². The zero-order chi connectivity index (χ0) is 43.8. The van der Waals surface area contributed by atoms with E-state index in [9.17, 15) is 19.2 Å². The molecule has 0 aromatic heterocycles. The number of amides is 2. The number of epoxide rings is 1. The molecule has 2 amide bonds. The van der Waals surface area contributed by atoms with Gasteiger partial charge in [0, 0.05) is 25.3 Å². The lowest BCUT2D eigenvalue weighted by atomic mass is 9.92. The van der Waals surface area contributed by atoms with Gasteiger partial charge in [0.15, 0.2) is 6.10 Å². The molecule has 326 valence electrons. The Kier molecular flexibility index (Phi) is 16.8. The molecule has 0 unspecified atom stereocenters. The zero-order valence-electron chi connectivity index (χ0n) is 37.1. The minimum absolute atomic E-state index is 0.00448. The van der Waals surface area contributed by atoms with Gasteiger partial charge in [0.2, 0.25) is 20.1 Å². The van der Waals surface area contributed by atoms with E-state index < -0.39 is 55.7 Å². The fourth-order valence-electron chi connectivity index (χ4n) is 8.33. The van der Waals surface area contributed by atoms with Crippen LogP contribution < -0.4 is 15.4 Å². The summed E-state index contributed by atoms with van der Waals surface area (Å²) in [6.45, 7) is 23.2. The molecule has 59 heavy (non-hydrogen) atoms. The second-order valence-corrected chi connectivity index (χ2v) is 24.1. The van der Waals surface area contributed by atoms with E-state index in [2.05, 4.69) is 76.4 Å². The second-order valence-electron chi connectivity index (χ2n) is 18.2. The molecular weight excluding hydrogens is 788 g/mol. The van der Waals surface area contributed by atoms with Gasteiger partial charge in [-0.15, -0.1) is 0 Å². The summed E-state index contributed by atoms with van der Waals surface area (Å²) in [6.07, 6.45) is 1.15. The van der Waals surface area contributed by atoms with Crippen LogP contribution in [0.25, 0.3) is 0 Å². The van der Waals surface area contributed by atoms with Gasteiger partial charge >= 0.3 is 11.9 Å². The van der Waals surface area contributed by atoms with Crippen LogP contribution in [0.4, 0.5) is 0 Å². The Morgan fingerprint density at radius 2 is 1.51 bits per heavy atom. The number of esters is 2. The van der Waals surface area contributed by atoms with Gasteiger partial charge in [0.1, 0.15) is 24.0 Å². The first-order valence-electron chi connectivity index (χ1n) is 21.1. The van der Waals surface area contributed by atoms with E-state index in [1.54, 1.807) is 38.1 Å². The smallest absolute Gasteiger partial charge is 0.347 e. The number of benzene rings is 2. The topological polar surface area (TPSA) is 142 Å². The molecule has 2 aliphatic rings. The van der Waals surface area contributed by atoms with E-state index in [1.165, 1.54) is 13.2 Å². The van der Waals surface area contributed by atoms with Crippen LogP contribution in [-0.2, 0) is 50.8 Å². The van der Waals surface area contributed by atoms with Crippen molar-refractivity contribution in [3.63, 3.8) is 0 Å². The van der Waals surface area contributed by atoms with Crippen molar-refractivity contribution < 1.29 is 42.6 Å². The predicted molar refractivity (Wildman–Crippen MR) is 232 cm³/mol. The first kappa shape index (κ1) is 48.0. The van der Waals surface area contributed by atoms with Gasteiger partial charge in [-0.3, -0.25) is 14.4 Å². The van der Waals surface area contributed by atoms with Crippen LogP contribution in [0.3, 0.4) is 0 Å². The molecule has 1 fully saturated rings. The monoisotopic (exact) mass is 854 g/mol. The Labute approximate surface area is 357 Å². The van der Waals surface area contributed by atoms with Crippen LogP contribution in [0.2, 0.25) is 21.6 Å². The van der Waals surface area contributed by atoms with E-state index in [-0.39, 0.29) is 49.9 Å².